The minimum atomic E-state index is -0.560. The molecular weight excluding hydrogens is 374 g/mol. The van der Waals surface area contributed by atoms with E-state index in [9.17, 15) is 9.59 Å². The van der Waals surface area contributed by atoms with Crippen LogP contribution in [0.1, 0.15) is 30.0 Å². The monoisotopic (exact) mass is 395 g/mol. The van der Waals surface area contributed by atoms with Crippen molar-refractivity contribution in [2.75, 3.05) is 0 Å². The first-order valence-corrected chi connectivity index (χ1v) is 10.1. The Bertz CT molecular complexity index is 1100. The predicted octanol–water partition coefficient (Wildman–Crippen LogP) is 5.62. The molecule has 1 unspecified atom stereocenters. The van der Waals surface area contributed by atoms with Crippen molar-refractivity contribution in [1.82, 2.24) is 4.90 Å². The molecule has 3 aromatic carbocycles. The van der Waals surface area contributed by atoms with Crippen LogP contribution in [-0.4, -0.2) is 22.5 Å². The van der Waals surface area contributed by atoms with E-state index < -0.39 is 11.7 Å². The highest BCUT2D eigenvalue weighted by atomic mass is 16.6. The number of carbonyl (C=O) groups is 2. The molecule has 148 valence electrons. The molecule has 4 nitrogen and oxygen atoms in total. The van der Waals surface area contributed by atoms with Gasteiger partial charge in [0.2, 0.25) is 0 Å². The van der Waals surface area contributed by atoms with Gasteiger partial charge in [-0.3, -0.25) is 4.79 Å². The molecule has 0 radical (unpaired) electrons. The second-order valence-corrected chi connectivity index (χ2v) is 7.78. The number of nitrogens with zero attached hydrogens (tertiary/aromatic N) is 1. The van der Waals surface area contributed by atoms with E-state index in [1.165, 1.54) is 11.0 Å². The van der Waals surface area contributed by atoms with Crippen LogP contribution in [0.15, 0.2) is 91.0 Å². The van der Waals surface area contributed by atoms with Gasteiger partial charge in [-0.2, -0.15) is 0 Å². The second kappa shape index (κ2) is 7.30. The van der Waals surface area contributed by atoms with Gasteiger partial charge in [-0.15, -0.1) is 0 Å². The van der Waals surface area contributed by atoms with Crippen LogP contribution in [0, 0.1) is 0 Å². The van der Waals surface area contributed by atoms with Crippen LogP contribution in [0.3, 0.4) is 0 Å². The van der Waals surface area contributed by atoms with E-state index in [2.05, 4.69) is 12.1 Å². The normalized spacial score (nSPS) is 19.3. The van der Waals surface area contributed by atoms with Crippen molar-refractivity contribution >= 4 is 18.1 Å². The summed E-state index contributed by atoms with van der Waals surface area (Å²) in [4.78, 5) is 26.7. The standard InChI is InChI=1S/C26H21NO3/c28-23(16-13-19-11-14-21(15-12-19)20-7-3-1-4-8-20)27-24(22-9-5-2-6-10-22)26(17-18-26)30-25(27)29/h1-16,24H,17-18H2/b16-13+. The number of carbonyl (C=O) groups excluding carboxylic acids is 2. The molecule has 1 saturated carbocycles. The molecule has 2 aliphatic rings. The number of amides is 2. The quantitative estimate of drug-likeness (QED) is 0.539. The highest BCUT2D eigenvalue weighted by Gasteiger charge is 2.63. The van der Waals surface area contributed by atoms with Crippen LogP contribution in [0.5, 0.6) is 0 Å². The molecule has 0 aromatic heterocycles. The molecule has 4 heteroatoms. The van der Waals surface area contributed by atoms with Gasteiger partial charge in [0.05, 0.1) is 0 Å². The molecule has 1 spiro atoms. The summed E-state index contributed by atoms with van der Waals surface area (Å²) in [5.74, 6) is -0.357. The summed E-state index contributed by atoms with van der Waals surface area (Å²) in [7, 11) is 0. The van der Waals surface area contributed by atoms with Crippen molar-refractivity contribution in [3.63, 3.8) is 0 Å². The number of rotatable bonds is 4. The van der Waals surface area contributed by atoms with Crippen LogP contribution in [0.4, 0.5) is 4.79 Å². The van der Waals surface area contributed by atoms with E-state index in [-0.39, 0.29) is 11.9 Å². The fourth-order valence-corrected chi connectivity index (χ4v) is 4.09. The van der Waals surface area contributed by atoms with Gasteiger partial charge in [0.1, 0.15) is 11.6 Å². The lowest BCUT2D eigenvalue weighted by Gasteiger charge is -2.22. The Kier molecular flexibility index (Phi) is 4.47. The Labute approximate surface area is 175 Å². The van der Waals surface area contributed by atoms with Gasteiger partial charge >= 0.3 is 6.09 Å². The number of benzene rings is 3. The summed E-state index contributed by atoms with van der Waals surface area (Å²) in [5.41, 5.74) is 3.52. The molecular formula is C26H21NO3. The van der Waals surface area contributed by atoms with Crippen molar-refractivity contribution < 1.29 is 14.3 Å². The van der Waals surface area contributed by atoms with Gasteiger partial charge in [-0.1, -0.05) is 84.9 Å². The Hall–Kier alpha value is -3.66. The maximum Gasteiger partial charge on any atom is 0.418 e. The van der Waals surface area contributed by atoms with E-state index in [0.717, 1.165) is 35.1 Å². The largest absolute Gasteiger partial charge is 0.440 e. The molecule has 1 heterocycles. The minimum absolute atomic E-state index is 0.357. The zero-order chi connectivity index (χ0) is 20.6. The van der Waals surface area contributed by atoms with Crippen molar-refractivity contribution in [3.8, 4) is 11.1 Å². The smallest absolute Gasteiger partial charge is 0.418 e. The Balaban J connectivity index is 1.36. The molecule has 0 N–H and O–H groups in total. The van der Waals surface area contributed by atoms with Crippen LogP contribution in [-0.2, 0) is 9.53 Å². The van der Waals surface area contributed by atoms with Crippen LogP contribution < -0.4 is 0 Å². The lowest BCUT2D eigenvalue weighted by Crippen LogP contribution is -2.34. The van der Waals surface area contributed by atoms with E-state index in [1.54, 1.807) is 6.08 Å². The Morgan fingerprint density at radius 1 is 0.867 bits per heavy atom. The van der Waals surface area contributed by atoms with Gasteiger partial charge in [0, 0.05) is 6.08 Å². The molecule has 30 heavy (non-hydrogen) atoms. The van der Waals surface area contributed by atoms with Gasteiger partial charge in [0.25, 0.3) is 5.91 Å². The average molecular weight is 395 g/mol. The van der Waals surface area contributed by atoms with E-state index in [0.29, 0.717) is 0 Å². The molecule has 1 aliphatic carbocycles. The average Bonchev–Trinajstić information content (AvgIpc) is 3.49. The Morgan fingerprint density at radius 3 is 2.10 bits per heavy atom. The van der Waals surface area contributed by atoms with Crippen molar-refractivity contribution in [2.24, 2.45) is 0 Å². The number of hydrogen-bond donors (Lipinski definition) is 0. The summed E-state index contributed by atoms with van der Waals surface area (Å²) in [6, 6.07) is 27.4. The van der Waals surface area contributed by atoms with Crippen LogP contribution in [0.25, 0.3) is 17.2 Å². The summed E-state index contributed by atoms with van der Waals surface area (Å²) in [5, 5.41) is 0. The number of hydrogen-bond acceptors (Lipinski definition) is 3. The Morgan fingerprint density at radius 2 is 1.47 bits per heavy atom. The van der Waals surface area contributed by atoms with Gasteiger partial charge < -0.3 is 4.74 Å². The fourth-order valence-electron chi connectivity index (χ4n) is 4.09. The maximum atomic E-state index is 13.0. The van der Waals surface area contributed by atoms with Gasteiger partial charge in [-0.05, 0) is 41.2 Å². The van der Waals surface area contributed by atoms with Crippen LogP contribution >= 0.6 is 0 Å². The summed E-state index contributed by atoms with van der Waals surface area (Å²) < 4.78 is 5.61. The number of ether oxygens (including phenoxy) is 1. The van der Waals surface area contributed by atoms with E-state index >= 15 is 0 Å². The lowest BCUT2D eigenvalue weighted by molar-refractivity contribution is -0.124. The first-order valence-electron chi connectivity index (χ1n) is 10.1. The third-order valence-electron chi connectivity index (χ3n) is 5.78. The third kappa shape index (κ3) is 3.30. The van der Waals surface area contributed by atoms with Crippen molar-refractivity contribution in [3.05, 3.63) is 102 Å². The first-order chi connectivity index (χ1) is 14.7. The summed E-state index contributed by atoms with van der Waals surface area (Å²) >= 11 is 0. The van der Waals surface area contributed by atoms with Crippen LogP contribution in [0.2, 0.25) is 0 Å². The molecule has 2 amide bonds. The summed E-state index contributed by atoms with van der Waals surface area (Å²) in [6.45, 7) is 0. The number of imide groups is 1. The molecule has 1 saturated heterocycles. The topological polar surface area (TPSA) is 46.6 Å². The van der Waals surface area contributed by atoms with Crippen molar-refractivity contribution in [2.45, 2.75) is 24.5 Å². The predicted molar refractivity (Wildman–Crippen MR) is 115 cm³/mol. The second-order valence-electron chi connectivity index (χ2n) is 7.78. The molecule has 1 aliphatic heterocycles. The van der Waals surface area contributed by atoms with E-state index in [1.807, 2.05) is 72.8 Å². The summed E-state index contributed by atoms with van der Waals surface area (Å²) in [6.07, 6.45) is 4.20. The molecule has 3 aromatic rings. The highest BCUT2D eigenvalue weighted by molar-refractivity contribution is 6.02. The molecule has 1 atom stereocenters. The van der Waals surface area contributed by atoms with Gasteiger partial charge in [0.15, 0.2) is 0 Å². The molecule has 0 bridgehead atoms. The van der Waals surface area contributed by atoms with E-state index in [4.69, 9.17) is 4.74 Å². The van der Waals surface area contributed by atoms with Gasteiger partial charge in [-0.25, -0.2) is 9.69 Å². The minimum Gasteiger partial charge on any atom is -0.440 e. The highest BCUT2D eigenvalue weighted by Crippen LogP contribution is 2.56. The third-order valence-corrected chi connectivity index (χ3v) is 5.78. The lowest BCUT2D eigenvalue weighted by atomic mass is 9.99. The first kappa shape index (κ1) is 18.4. The fraction of sp³-hybridized carbons (Fsp3) is 0.154. The molecule has 5 rings (SSSR count). The maximum absolute atomic E-state index is 13.0. The molecule has 2 fully saturated rings. The zero-order valence-electron chi connectivity index (χ0n) is 16.4. The SMILES string of the molecule is O=C(/C=C/c1ccc(-c2ccccc2)cc1)N1C(=O)OC2(CC2)C1c1ccccc1. The van der Waals surface area contributed by atoms with Crippen molar-refractivity contribution in [1.29, 1.82) is 0 Å². The zero-order valence-corrected chi connectivity index (χ0v) is 16.4.